The summed E-state index contributed by atoms with van der Waals surface area (Å²) in [5.41, 5.74) is 0.899. The SMILES string of the molecule is CNC(=O)c1cc(S(=O)(=O)Nc2ccc(C(C)=O)cc2)ccc1OC. The number of Topliss-reactive ketones (excluding diaryl/α,β-unsaturated/α-hetero) is 1. The molecule has 0 bridgehead atoms. The van der Waals surface area contributed by atoms with Gasteiger partial charge in [0.1, 0.15) is 5.75 Å². The highest BCUT2D eigenvalue weighted by Gasteiger charge is 2.19. The lowest BCUT2D eigenvalue weighted by Gasteiger charge is -2.12. The van der Waals surface area contributed by atoms with E-state index in [0.29, 0.717) is 11.3 Å². The Labute approximate surface area is 146 Å². The number of ether oxygens (including phenoxy) is 1. The Hall–Kier alpha value is -2.87. The van der Waals surface area contributed by atoms with Gasteiger partial charge in [0.2, 0.25) is 0 Å². The minimum absolute atomic E-state index is 0.0810. The van der Waals surface area contributed by atoms with Crippen LogP contribution >= 0.6 is 0 Å². The van der Waals surface area contributed by atoms with E-state index in [1.807, 2.05) is 0 Å². The molecule has 0 aliphatic carbocycles. The highest BCUT2D eigenvalue weighted by Crippen LogP contribution is 2.24. The molecule has 0 aromatic heterocycles. The number of hydrogen-bond acceptors (Lipinski definition) is 5. The van der Waals surface area contributed by atoms with E-state index in [1.54, 1.807) is 0 Å². The maximum Gasteiger partial charge on any atom is 0.261 e. The number of sulfonamides is 1. The van der Waals surface area contributed by atoms with Crippen LogP contribution in [-0.2, 0) is 10.0 Å². The molecule has 0 saturated heterocycles. The van der Waals surface area contributed by atoms with E-state index >= 15 is 0 Å². The number of hydrogen-bond donors (Lipinski definition) is 2. The van der Waals surface area contributed by atoms with Crippen molar-refractivity contribution in [2.24, 2.45) is 0 Å². The van der Waals surface area contributed by atoms with Crippen LogP contribution in [0.4, 0.5) is 5.69 Å². The van der Waals surface area contributed by atoms with Gasteiger partial charge in [0.15, 0.2) is 5.78 Å². The quantitative estimate of drug-likeness (QED) is 0.766. The van der Waals surface area contributed by atoms with E-state index in [2.05, 4.69) is 10.0 Å². The lowest BCUT2D eigenvalue weighted by Crippen LogP contribution is -2.20. The minimum Gasteiger partial charge on any atom is -0.496 e. The summed E-state index contributed by atoms with van der Waals surface area (Å²) in [6.45, 7) is 1.43. The molecule has 7 nitrogen and oxygen atoms in total. The summed E-state index contributed by atoms with van der Waals surface area (Å²) in [7, 11) is -1.07. The Balaban J connectivity index is 2.36. The number of nitrogens with one attached hydrogen (secondary N) is 2. The van der Waals surface area contributed by atoms with Gasteiger partial charge in [-0.3, -0.25) is 14.3 Å². The van der Waals surface area contributed by atoms with E-state index < -0.39 is 15.9 Å². The van der Waals surface area contributed by atoms with Crippen molar-refractivity contribution < 1.29 is 22.7 Å². The van der Waals surface area contributed by atoms with Gasteiger partial charge in [-0.1, -0.05) is 0 Å². The van der Waals surface area contributed by atoms with Gasteiger partial charge in [-0.2, -0.15) is 0 Å². The molecule has 0 spiro atoms. The fraction of sp³-hybridized carbons (Fsp3) is 0.176. The van der Waals surface area contributed by atoms with Gasteiger partial charge in [0.05, 0.1) is 17.6 Å². The molecule has 0 atom stereocenters. The first-order valence-corrected chi connectivity index (χ1v) is 8.80. The van der Waals surface area contributed by atoms with Crippen molar-refractivity contribution in [3.05, 3.63) is 53.6 Å². The molecule has 2 aromatic rings. The molecule has 2 rings (SSSR count). The van der Waals surface area contributed by atoms with E-state index in [4.69, 9.17) is 4.74 Å². The van der Waals surface area contributed by atoms with Crippen LogP contribution in [0, 0.1) is 0 Å². The summed E-state index contributed by atoms with van der Waals surface area (Å²) in [6, 6.07) is 10.1. The van der Waals surface area contributed by atoms with Gasteiger partial charge in [0, 0.05) is 18.3 Å². The van der Waals surface area contributed by atoms with Crippen molar-refractivity contribution in [2.75, 3.05) is 18.9 Å². The summed E-state index contributed by atoms with van der Waals surface area (Å²) >= 11 is 0. The molecular formula is C17H18N2O5S. The summed E-state index contributed by atoms with van der Waals surface area (Å²) in [5.74, 6) is -0.302. The molecule has 0 radical (unpaired) electrons. The molecule has 8 heteroatoms. The van der Waals surface area contributed by atoms with Crippen molar-refractivity contribution >= 4 is 27.4 Å². The highest BCUT2D eigenvalue weighted by atomic mass is 32.2. The molecule has 0 fully saturated rings. The third-order valence-electron chi connectivity index (χ3n) is 3.50. The van der Waals surface area contributed by atoms with E-state index in [1.165, 1.54) is 63.5 Å². The Morgan fingerprint density at radius 2 is 1.68 bits per heavy atom. The molecule has 2 aromatic carbocycles. The average Bonchev–Trinajstić information content (AvgIpc) is 2.60. The van der Waals surface area contributed by atoms with Crippen LogP contribution < -0.4 is 14.8 Å². The molecule has 0 unspecified atom stereocenters. The molecule has 0 saturated carbocycles. The second-order valence-corrected chi connectivity index (χ2v) is 6.86. The van der Waals surface area contributed by atoms with Crippen LogP contribution in [0.15, 0.2) is 47.4 Å². The van der Waals surface area contributed by atoms with E-state index in [0.717, 1.165) is 0 Å². The number of methoxy groups -OCH3 is 1. The average molecular weight is 362 g/mol. The predicted octanol–water partition coefficient (Wildman–Crippen LogP) is 2.06. The van der Waals surface area contributed by atoms with Gasteiger partial charge in [0.25, 0.3) is 15.9 Å². The number of carbonyl (C=O) groups excluding carboxylic acids is 2. The van der Waals surface area contributed by atoms with Crippen molar-refractivity contribution in [2.45, 2.75) is 11.8 Å². The van der Waals surface area contributed by atoms with Crippen LogP contribution in [0.3, 0.4) is 0 Å². The number of rotatable bonds is 6. The van der Waals surface area contributed by atoms with Gasteiger partial charge in [-0.25, -0.2) is 8.42 Å². The van der Waals surface area contributed by atoms with Crippen LogP contribution in [-0.4, -0.2) is 34.3 Å². The van der Waals surface area contributed by atoms with Crippen LogP contribution in [0.5, 0.6) is 5.75 Å². The Bertz CT molecular complexity index is 905. The van der Waals surface area contributed by atoms with Gasteiger partial charge in [-0.05, 0) is 49.4 Å². The first-order valence-electron chi connectivity index (χ1n) is 7.32. The zero-order valence-corrected chi connectivity index (χ0v) is 14.8. The summed E-state index contributed by atoms with van der Waals surface area (Å²) in [5, 5.41) is 2.44. The normalized spacial score (nSPS) is 10.8. The van der Waals surface area contributed by atoms with E-state index in [-0.39, 0.29) is 22.0 Å². The lowest BCUT2D eigenvalue weighted by molar-refractivity contribution is 0.0958. The largest absolute Gasteiger partial charge is 0.496 e. The molecule has 2 N–H and O–H groups in total. The third kappa shape index (κ3) is 4.16. The van der Waals surface area contributed by atoms with Gasteiger partial charge < -0.3 is 10.1 Å². The monoisotopic (exact) mass is 362 g/mol. The van der Waals surface area contributed by atoms with Crippen molar-refractivity contribution in [3.63, 3.8) is 0 Å². The minimum atomic E-state index is -3.91. The summed E-state index contributed by atoms with van der Waals surface area (Å²) in [4.78, 5) is 23.1. The molecule has 1 amide bonds. The maximum atomic E-state index is 12.5. The summed E-state index contributed by atoms with van der Waals surface area (Å²) in [6.07, 6.45) is 0. The van der Waals surface area contributed by atoms with Gasteiger partial charge in [-0.15, -0.1) is 0 Å². The standard InChI is InChI=1S/C17H18N2O5S/c1-11(20)12-4-6-13(7-5-12)19-25(22,23)14-8-9-16(24-3)15(10-14)17(21)18-2/h4-10,19H,1-3H3,(H,18,21). The number of benzene rings is 2. The molecular weight excluding hydrogens is 344 g/mol. The molecule has 25 heavy (non-hydrogen) atoms. The molecule has 0 aliphatic rings. The van der Waals surface area contributed by atoms with E-state index in [9.17, 15) is 18.0 Å². The second-order valence-electron chi connectivity index (χ2n) is 5.18. The van der Waals surface area contributed by atoms with Crippen molar-refractivity contribution in [1.29, 1.82) is 0 Å². The lowest BCUT2D eigenvalue weighted by atomic mass is 10.1. The highest BCUT2D eigenvalue weighted by molar-refractivity contribution is 7.92. The first kappa shape index (κ1) is 18.5. The molecule has 132 valence electrons. The molecule has 0 aliphatic heterocycles. The van der Waals surface area contributed by atoms with Crippen LogP contribution in [0.25, 0.3) is 0 Å². The Morgan fingerprint density at radius 3 is 2.20 bits per heavy atom. The topological polar surface area (TPSA) is 102 Å². The number of amides is 1. The second kappa shape index (κ2) is 7.35. The zero-order chi connectivity index (χ0) is 18.6. The number of anilines is 1. The number of carbonyl (C=O) groups is 2. The third-order valence-corrected chi connectivity index (χ3v) is 4.88. The fourth-order valence-electron chi connectivity index (χ4n) is 2.15. The van der Waals surface area contributed by atoms with Crippen LogP contribution in [0.2, 0.25) is 0 Å². The first-order chi connectivity index (χ1) is 11.8. The summed E-state index contributed by atoms with van der Waals surface area (Å²) < 4.78 is 32.6. The fourth-order valence-corrected chi connectivity index (χ4v) is 3.24. The van der Waals surface area contributed by atoms with Crippen molar-refractivity contribution in [1.82, 2.24) is 5.32 Å². The Morgan fingerprint density at radius 1 is 1.04 bits per heavy atom. The predicted molar refractivity (Wildman–Crippen MR) is 93.6 cm³/mol. The number of ketones is 1. The maximum absolute atomic E-state index is 12.5. The zero-order valence-electron chi connectivity index (χ0n) is 14.0. The van der Waals surface area contributed by atoms with Crippen molar-refractivity contribution in [3.8, 4) is 5.75 Å². The van der Waals surface area contributed by atoms with Crippen LogP contribution in [0.1, 0.15) is 27.6 Å². The smallest absolute Gasteiger partial charge is 0.261 e. The Kier molecular flexibility index (Phi) is 5.43. The molecule has 0 heterocycles. The van der Waals surface area contributed by atoms with Gasteiger partial charge >= 0.3 is 0 Å².